The van der Waals surface area contributed by atoms with Gasteiger partial charge < -0.3 is 14.7 Å². The highest BCUT2D eigenvalue weighted by Crippen LogP contribution is 2.42. The molecule has 0 aromatic rings. The zero-order valence-electron chi connectivity index (χ0n) is 16.0. The third-order valence-corrected chi connectivity index (χ3v) is 12.3. The Morgan fingerprint density at radius 2 is 1.65 bits per heavy atom. The summed E-state index contributed by atoms with van der Waals surface area (Å²) < 4.78 is 5.48. The van der Waals surface area contributed by atoms with E-state index in [-0.39, 0.29) is 6.09 Å². The Bertz CT molecular complexity index is 361. The molecule has 4 nitrogen and oxygen atoms in total. The first-order valence-corrected chi connectivity index (χ1v) is 12.0. The molecule has 0 aromatic heterocycles. The number of carbonyl (C=O) groups excluding carboxylic acids is 1. The van der Waals surface area contributed by atoms with E-state index in [1.165, 1.54) is 18.1 Å². The van der Waals surface area contributed by atoms with Crippen LogP contribution in [0.15, 0.2) is 0 Å². The van der Waals surface area contributed by atoms with Gasteiger partial charge in [-0.3, -0.25) is 0 Å². The van der Waals surface area contributed by atoms with E-state index in [2.05, 4.69) is 20.8 Å². The number of ether oxygens (including phenoxy) is 1. The van der Waals surface area contributed by atoms with Crippen molar-refractivity contribution < 1.29 is 14.6 Å². The normalized spacial score (nSPS) is 18.8. The minimum atomic E-state index is -1.41. The molecule has 0 aliphatic carbocycles. The maximum Gasteiger partial charge on any atom is 0.410 e. The molecule has 0 radical (unpaired) electrons. The number of piperidine rings is 1. The quantitative estimate of drug-likeness (QED) is 0.722. The third-order valence-electron chi connectivity index (χ3n) is 5.86. The highest BCUT2D eigenvalue weighted by molar-refractivity contribution is 6.81. The molecule has 1 unspecified atom stereocenters. The molecular weight excluding hydrogens is 306 g/mol. The van der Waals surface area contributed by atoms with E-state index in [1.807, 2.05) is 25.7 Å². The zero-order chi connectivity index (χ0) is 17.7. The molecule has 23 heavy (non-hydrogen) atoms. The molecule has 1 rings (SSSR count). The number of aliphatic hydroxyl groups is 1. The molecule has 1 amide bonds. The van der Waals surface area contributed by atoms with Crippen molar-refractivity contribution in [2.75, 3.05) is 19.7 Å². The third kappa shape index (κ3) is 5.21. The van der Waals surface area contributed by atoms with Crippen molar-refractivity contribution >= 4 is 14.2 Å². The maximum absolute atomic E-state index is 12.2. The molecule has 1 N–H and O–H groups in total. The van der Waals surface area contributed by atoms with E-state index in [4.69, 9.17) is 4.74 Å². The van der Waals surface area contributed by atoms with Crippen LogP contribution in [0.3, 0.4) is 0 Å². The smallest absolute Gasteiger partial charge is 0.410 e. The summed E-state index contributed by atoms with van der Waals surface area (Å²) in [5.41, 5.74) is 0.0410. The first kappa shape index (κ1) is 20.5. The SMILES string of the molecule is CC[Si](CC)(CC)C(CO)C1CCN(C(=O)OC(C)(C)C)CC1. The van der Waals surface area contributed by atoms with Gasteiger partial charge in [0, 0.05) is 19.7 Å². The Kier molecular flexibility index (Phi) is 7.59. The summed E-state index contributed by atoms with van der Waals surface area (Å²) in [5.74, 6) is 0.560. The van der Waals surface area contributed by atoms with Gasteiger partial charge in [-0.1, -0.05) is 38.9 Å². The number of amides is 1. The number of hydrogen-bond donors (Lipinski definition) is 1. The number of rotatable bonds is 6. The van der Waals surface area contributed by atoms with Crippen LogP contribution in [0.5, 0.6) is 0 Å². The number of carbonyl (C=O) groups is 1. The fourth-order valence-corrected chi connectivity index (χ4v) is 8.98. The molecule has 0 bridgehead atoms. The number of hydrogen-bond acceptors (Lipinski definition) is 3. The van der Waals surface area contributed by atoms with Gasteiger partial charge in [-0.25, -0.2) is 4.79 Å². The van der Waals surface area contributed by atoms with Gasteiger partial charge in [-0.15, -0.1) is 0 Å². The summed E-state index contributed by atoms with van der Waals surface area (Å²) in [7, 11) is -1.41. The molecule has 1 aliphatic rings. The maximum atomic E-state index is 12.2. The lowest BCUT2D eigenvalue weighted by Gasteiger charge is -2.44. The monoisotopic (exact) mass is 343 g/mol. The van der Waals surface area contributed by atoms with Crippen LogP contribution in [0.4, 0.5) is 4.79 Å². The van der Waals surface area contributed by atoms with E-state index < -0.39 is 13.7 Å². The van der Waals surface area contributed by atoms with Crippen molar-refractivity contribution in [3.63, 3.8) is 0 Å². The van der Waals surface area contributed by atoms with Crippen molar-refractivity contribution in [3.8, 4) is 0 Å². The second kappa shape index (κ2) is 8.52. The zero-order valence-corrected chi connectivity index (χ0v) is 17.0. The van der Waals surface area contributed by atoms with Gasteiger partial charge in [0.05, 0.1) is 8.07 Å². The van der Waals surface area contributed by atoms with Crippen molar-refractivity contribution in [3.05, 3.63) is 0 Å². The highest BCUT2D eigenvalue weighted by Gasteiger charge is 2.41. The minimum absolute atomic E-state index is 0.193. The summed E-state index contributed by atoms with van der Waals surface area (Å²) in [6.07, 6.45) is 1.81. The molecule has 136 valence electrons. The molecule has 0 spiro atoms. The summed E-state index contributed by atoms with van der Waals surface area (Å²) in [6, 6.07) is 3.74. The van der Waals surface area contributed by atoms with Gasteiger partial charge in [0.2, 0.25) is 0 Å². The summed E-state index contributed by atoms with van der Waals surface area (Å²) in [4.78, 5) is 14.0. The molecule has 1 fully saturated rings. The molecule has 0 aromatic carbocycles. The fourth-order valence-electron chi connectivity index (χ4n) is 4.19. The average Bonchev–Trinajstić information content (AvgIpc) is 2.51. The number of aliphatic hydroxyl groups excluding tert-OH is 1. The van der Waals surface area contributed by atoms with Gasteiger partial charge in [-0.2, -0.15) is 0 Å². The van der Waals surface area contributed by atoms with Crippen molar-refractivity contribution in [2.45, 2.75) is 83.7 Å². The topological polar surface area (TPSA) is 49.8 Å². The standard InChI is InChI=1S/C18H37NO3Si/c1-7-23(8-2,9-3)16(14-20)15-10-12-19(13-11-15)17(21)22-18(4,5)6/h15-16,20H,7-14H2,1-6H3. The van der Waals surface area contributed by atoms with Gasteiger partial charge >= 0.3 is 6.09 Å². The largest absolute Gasteiger partial charge is 0.444 e. The van der Waals surface area contributed by atoms with Crippen molar-refractivity contribution in [2.24, 2.45) is 5.92 Å². The molecular formula is C18H37NO3Si. The Labute approximate surface area is 143 Å². The van der Waals surface area contributed by atoms with Crippen molar-refractivity contribution in [1.29, 1.82) is 0 Å². The van der Waals surface area contributed by atoms with E-state index in [0.717, 1.165) is 25.9 Å². The Hall–Kier alpha value is -0.553. The van der Waals surface area contributed by atoms with Crippen molar-refractivity contribution in [1.82, 2.24) is 4.90 Å². The Balaban J connectivity index is 2.68. The predicted molar refractivity (Wildman–Crippen MR) is 98.6 cm³/mol. The van der Waals surface area contributed by atoms with Crippen LogP contribution in [0.25, 0.3) is 0 Å². The van der Waals surface area contributed by atoms with Crippen LogP contribution < -0.4 is 0 Å². The lowest BCUT2D eigenvalue weighted by molar-refractivity contribution is 0.0175. The highest BCUT2D eigenvalue weighted by atomic mass is 28.3. The van der Waals surface area contributed by atoms with Crippen LogP contribution in [-0.2, 0) is 4.74 Å². The average molecular weight is 344 g/mol. The molecule has 1 atom stereocenters. The molecule has 1 saturated heterocycles. The second-order valence-electron chi connectivity index (χ2n) is 8.02. The van der Waals surface area contributed by atoms with E-state index in [9.17, 15) is 9.90 Å². The molecule has 1 aliphatic heterocycles. The van der Waals surface area contributed by atoms with Gasteiger partial charge in [0.15, 0.2) is 0 Å². The Morgan fingerprint density at radius 3 is 2.00 bits per heavy atom. The fraction of sp³-hybridized carbons (Fsp3) is 0.944. The number of likely N-dealkylation sites (tertiary alicyclic amines) is 1. The van der Waals surface area contributed by atoms with Crippen LogP contribution in [0.2, 0.25) is 23.7 Å². The van der Waals surface area contributed by atoms with Gasteiger partial charge in [-0.05, 0) is 45.1 Å². The minimum Gasteiger partial charge on any atom is -0.444 e. The summed E-state index contributed by atoms with van der Waals surface area (Å²) >= 11 is 0. The van der Waals surface area contributed by atoms with Gasteiger partial charge in [0.1, 0.15) is 5.60 Å². The van der Waals surface area contributed by atoms with Crippen LogP contribution in [-0.4, -0.2) is 49.5 Å². The summed E-state index contributed by atoms with van der Waals surface area (Å²) in [6.45, 7) is 14.5. The second-order valence-corrected chi connectivity index (χ2v) is 13.6. The van der Waals surface area contributed by atoms with E-state index in [1.54, 1.807) is 0 Å². The van der Waals surface area contributed by atoms with Crippen LogP contribution >= 0.6 is 0 Å². The van der Waals surface area contributed by atoms with Crippen LogP contribution in [0.1, 0.15) is 54.4 Å². The molecule has 0 saturated carbocycles. The van der Waals surface area contributed by atoms with E-state index >= 15 is 0 Å². The van der Waals surface area contributed by atoms with Crippen LogP contribution in [0, 0.1) is 5.92 Å². The number of nitrogens with zero attached hydrogens (tertiary/aromatic N) is 1. The first-order chi connectivity index (χ1) is 10.7. The lowest BCUT2D eigenvalue weighted by Crippen LogP contribution is -2.48. The lowest BCUT2D eigenvalue weighted by atomic mass is 9.93. The molecule has 5 heteroatoms. The van der Waals surface area contributed by atoms with E-state index in [0.29, 0.717) is 18.1 Å². The van der Waals surface area contributed by atoms with Gasteiger partial charge in [0.25, 0.3) is 0 Å². The first-order valence-electron chi connectivity index (χ1n) is 9.31. The predicted octanol–water partition coefficient (Wildman–Crippen LogP) is 4.50. The molecule has 1 heterocycles. The summed E-state index contributed by atoms with van der Waals surface area (Å²) in [5, 5.41) is 10.1. The Morgan fingerprint density at radius 1 is 1.17 bits per heavy atom.